The van der Waals surface area contributed by atoms with Gasteiger partial charge in [0.2, 0.25) is 23.0 Å². The number of rotatable bonds is 69. The average Bonchev–Trinajstić information content (AvgIpc) is 1.53. The molecule has 2 aromatic carbocycles. The van der Waals surface area contributed by atoms with Crippen molar-refractivity contribution in [3.05, 3.63) is 127 Å². The monoisotopic (exact) mass is 1940 g/mol. The van der Waals surface area contributed by atoms with Crippen LogP contribution in [0.5, 0.6) is 0 Å². The second kappa shape index (κ2) is 54.4. The molecule has 4 fully saturated rings. The number of unbranched alkanes of at least 4 members (excludes halogenated alkanes) is 2. The Morgan fingerprint density at radius 1 is 0.414 bits per heavy atom. The Morgan fingerprint density at radius 2 is 0.829 bits per heavy atom. The third kappa shape index (κ3) is 29.5. The maximum Gasteiger partial charge on any atom is 0.355 e. The molecule has 2 amide bonds. The molecule has 8 aliphatic rings. The standard InChI is InChI=1S/C105H157N21O14/c1-3-104(88-69-92-98-78(67-76-17-6-8-28-90(76)117-98)72-125(92)100(133)86(88)74-137-102(104)135)139-96(131)35-32-85(128)31-33-94(129)115-49-58-122(55-43-110-40-39-109-41-42-112-80-19-12-20-80)64-62-120(54-44-111-46-60-124(83-25-15-26-83)59-45-108-38-36-106)51-11-5-10-50-119(53-37-107)61-65-123(57-48-114-82-23-14-24-82)66-63-121(56-47-113-81-21-13-22-81)52-16-27-84(127)30-34-95(130)116-71-97(132)140-105(4-2)89-70-93-99-79(68-77-18-7-9-29-91(77)118-99)73-126(93)101(134)87(89)75-138-103(105)136/h6-9,17-18,28-29,67-70,80-83,108-114H,3-5,10-16,19-27,30-66,71-75,106-107H2,1-2H3,(H,115,129)(H,116,130)/t104-,105+/m0/s1. The molecule has 0 unspecified atom stereocenters. The van der Waals surface area contributed by atoms with Gasteiger partial charge in [-0.2, -0.15) is 0 Å². The zero-order valence-corrected chi connectivity index (χ0v) is 83.2. The van der Waals surface area contributed by atoms with E-state index in [4.69, 9.17) is 40.4 Å². The number of Topliss-reactive ketones (excluding diaryl/α,β-unsaturated/α-hetero) is 2. The first-order chi connectivity index (χ1) is 68.3. The first-order valence-corrected chi connectivity index (χ1v) is 52.8. The van der Waals surface area contributed by atoms with Crippen LogP contribution in [-0.2, 0) is 94.8 Å². The quantitative estimate of drug-likeness (QED) is 0.0136. The van der Waals surface area contributed by atoms with Crippen molar-refractivity contribution in [2.24, 2.45) is 11.5 Å². The Bertz CT molecular complexity index is 5230. The largest absolute Gasteiger partial charge is 0.457 e. The van der Waals surface area contributed by atoms with Gasteiger partial charge in [-0.3, -0.25) is 53.1 Å². The van der Waals surface area contributed by atoms with E-state index >= 15 is 0 Å². The summed E-state index contributed by atoms with van der Waals surface area (Å²) in [6.07, 6.45) is 18.2. The van der Waals surface area contributed by atoms with Gasteiger partial charge in [0.25, 0.3) is 11.1 Å². The molecule has 35 heteroatoms. The highest BCUT2D eigenvalue weighted by atomic mass is 16.6. The molecule has 4 aliphatic carbocycles. The number of cyclic esters (lactones) is 2. The minimum atomic E-state index is -1.93. The molecular formula is C105H157N21O14. The maximum atomic E-state index is 14.2. The highest BCUT2D eigenvalue weighted by Gasteiger charge is 2.52. The molecule has 0 radical (unpaired) electrons. The van der Waals surface area contributed by atoms with Gasteiger partial charge >= 0.3 is 23.9 Å². The summed E-state index contributed by atoms with van der Waals surface area (Å²) in [7, 11) is 0. The Morgan fingerprint density at radius 3 is 1.32 bits per heavy atom. The molecule has 0 saturated heterocycles. The third-order valence-electron chi connectivity index (χ3n) is 29.9. The summed E-state index contributed by atoms with van der Waals surface area (Å²) in [5.41, 5.74) is 14.2. The van der Waals surface area contributed by atoms with Gasteiger partial charge in [-0.1, -0.05) is 82.3 Å². The summed E-state index contributed by atoms with van der Waals surface area (Å²) in [5, 5.41) is 33.4. The van der Waals surface area contributed by atoms with Crippen molar-refractivity contribution in [3.63, 3.8) is 0 Å². The Labute approximate surface area is 825 Å². The third-order valence-corrected chi connectivity index (χ3v) is 29.9. The zero-order chi connectivity index (χ0) is 98.0. The molecule has 14 rings (SSSR count). The lowest BCUT2D eigenvalue weighted by molar-refractivity contribution is -0.189. The average molecular weight is 1940 g/mol. The molecular weight excluding hydrogens is 1780 g/mol. The van der Waals surface area contributed by atoms with E-state index in [1.165, 1.54) is 77.0 Å². The molecule has 0 spiro atoms. The second-order valence-electron chi connectivity index (χ2n) is 39.5. The van der Waals surface area contributed by atoms with Gasteiger partial charge in [0.15, 0.2) is 0 Å². The number of ether oxygens (including phenoxy) is 4. The Hall–Kier alpha value is -9.28. The number of nitrogens with two attached hydrogens (primary N) is 2. The summed E-state index contributed by atoms with van der Waals surface area (Å²) in [6, 6.07) is 25.2. The van der Waals surface area contributed by atoms with Crippen molar-refractivity contribution in [1.82, 2.24) is 96.4 Å². The van der Waals surface area contributed by atoms with Gasteiger partial charge in [0.05, 0.1) is 64.4 Å². The number of hydrogen-bond donors (Lipinski definition) is 11. The van der Waals surface area contributed by atoms with Gasteiger partial charge in [-0.25, -0.2) is 19.6 Å². The van der Waals surface area contributed by atoms with Gasteiger partial charge in [-0.15, -0.1) is 0 Å². The van der Waals surface area contributed by atoms with E-state index in [-0.39, 0.29) is 115 Å². The van der Waals surface area contributed by atoms with Crippen molar-refractivity contribution >= 4 is 69.1 Å². The number of nitrogens with one attached hydrogen (secondary N) is 9. The van der Waals surface area contributed by atoms with Crippen molar-refractivity contribution in [1.29, 1.82) is 0 Å². The molecule has 35 nitrogen and oxygen atoms in total. The number of aromatic nitrogens is 4. The number of benzene rings is 2. The summed E-state index contributed by atoms with van der Waals surface area (Å²) in [4.78, 5) is 162. The van der Waals surface area contributed by atoms with Crippen LogP contribution in [0, 0.1) is 0 Å². The van der Waals surface area contributed by atoms with Crippen molar-refractivity contribution in [2.45, 2.75) is 236 Å². The Balaban J connectivity index is 0.542. The number of nitrogens with zero attached hydrogens (tertiary/aromatic N) is 10. The molecule has 766 valence electrons. The smallest absolute Gasteiger partial charge is 0.355 e. The van der Waals surface area contributed by atoms with Crippen LogP contribution in [0.25, 0.3) is 44.6 Å². The fourth-order valence-electron chi connectivity index (χ4n) is 20.4. The van der Waals surface area contributed by atoms with Gasteiger partial charge in [0.1, 0.15) is 31.3 Å². The normalized spacial score (nSPS) is 17.7. The van der Waals surface area contributed by atoms with Crippen molar-refractivity contribution < 1.29 is 57.3 Å². The van der Waals surface area contributed by atoms with E-state index in [0.717, 1.165) is 229 Å². The van der Waals surface area contributed by atoms with Crippen LogP contribution in [0.1, 0.15) is 208 Å². The minimum absolute atomic E-state index is 0.00625. The predicted molar refractivity (Wildman–Crippen MR) is 542 cm³/mol. The summed E-state index contributed by atoms with van der Waals surface area (Å²) in [5.74, 6) is -4.36. The Kier molecular flexibility index (Phi) is 41.4. The topological polar surface area (TPSA) is 423 Å². The number of ketones is 2. The molecule has 6 aromatic rings. The first kappa shape index (κ1) is 106. The molecule has 2 atom stereocenters. The molecule has 4 aromatic heterocycles. The number of esters is 4. The van der Waals surface area contributed by atoms with E-state index in [0.29, 0.717) is 99.1 Å². The summed E-state index contributed by atoms with van der Waals surface area (Å²) >= 11 is 0. The fraction of sp³-hybridized carbons (Fsp3) is 0.657. The molecule has 13 N–H and O–H groups in total. The molecule has 8 heterocycles. The number of fused-ring (bicyclic) bond motifs is 10. The van der Waals surface area contributed by atoms with Crippen LogP contribution in [-0.4, -0.2) is 329 Å². The van der Waals surface area contributed by atoms with Crippen LogP contribution < -0.4 is 70.4 Å². The number of hydrogen-bond acceptors (Lipinski definition) is 31. The van der Waals surface area contributed by atoms with E-state index in [1.807, 2.05) is 60.7 Å². The highest BCUT2D eigenvalue weighted by molar-refractivity contribution is 5.93. The van der Waals surface area contributed by atoms with Gasteiger partial charge in [-0.05, 0) is 140 Å². The van der Waals surface area contributed by atoms with Crippen LogP contribution in [0.4, 0.5) is 0 Å². The van der Waals surface area contributed by atoms with E-state index < -0.39 is 47.5 Å². The number of pyridine rings is 4. The zero-order valence-electron chi connectivity index (χ0n) is 83.2. The highest BCUT2D eigenvalue weighted by Crippen LogP contribution is 2.44. The summed E-state index contributed by atoms with van der Waals surface area (Å²) in [6.45, 7) is 28.5. The lowest BCUT2D eigenvalue weighted by Gasteiger charge is -2.37. The number of carbonyl (C=O) groups is 8. The molecule has 4 saturated carbocycles. The van der Waals surface area contributed by atoms with Crippen molar-refractivity contribution in [2.75, 3.05) is 209 Å². The molecule has 140 heavy (non-hydrogen) atoms. The van der Waals surface area contributed by atoms with E-state index in [1.54, 1.807) is 35.1 Å². The van der Waals surface area contributed by atoms with Gasteiger partial charge < -0.3 is 102 Å². The molecule has 4 aliphatic heterocycles. The maximum absolute atomic E-state index is 14.2. The SMILES string of the molecule is CC[C@]1(OC(=O)CNC(=O)CCC(=O)CCCN(CCNC2CCC2)CCN(CCNC2CCC2)CCN(CCN)CCCCCN(CCNCCN(CCNCCN)C2CCC2)CCN(CCNCCNCCNC2CCC2)CCNC(=O)CCC(=O)CCC(=O)O[C@]2(CC)C(=O)OCc3c2cc2n(c3=O)Cc3cc4ccccc4nc3-2)C(=O)OCc2c1cc1n(c2=O)Cc2cc3ccccc3nc2-1. The first-order valence-electron chi connectivity index (χ1n) is 52.8. The summed E-state index contributed by atoms with van der Waals surface area (Å²) < 4.78 is 26.3. The minimum Gasteiger partial charge on any atom is -0.457 e. The number of carbonyl (C=O) groups excluding carboxylic acids is 8. The lowest BCUT2D eigenvalue weighted by atomic mass is 9.85. The number of para-hydroxylation sites is 2. The van der Waals surface area contributed by atoms with E-state index in [2.05, 4.69) is 77.3 Å². The number of amides is 2. The van der Waals surface area contributed by atoms with Gasteiger partial charge in [0, 0.05) is 279 Å². The van der Waals surface area contributed by atoms with Crippen LogP contribution >= 0.6 is 0 Å². The van der Waals surface area contributed by atoms with Crippen LogP contribution in [0.15, 0.2) is 82.4 Å². The van der Waals surface area contributed by atoms with Crippen LogP contribution in [0.2, 0.25) is 0 Å². The van der Waals surface area contributed by atoms with Crippen LogP contribution in [0.3, 0.4) is 0 Å². The van der Waals surface area contributed by atoms with Crippen molar-refractivity contribution in [3.8, 4) is 22.8 Å². The lowest BCUT2D eigenvalue weighted by Crippen LogP contribution is -2.48. The second-order valence-corrected chi connectivity index (χ2v) is 39.5. The molecule has 0 bridgehead atoms. The fourth-order valence-corrected chi connectivity index (χ4v) is 20.4. The predicted octanol–water partition coefficient (Wildman–Crippen LogP) is 5.00. The van der Waals surface area contributed by atoms with E-state index in [9.17, 15) is 47.9 Å².